The number of benzene rings is 1. The molecule has 0 saturated carbocycles. The molecule has 0 radical (unpaired) electrons. The lowest BCUT2D eigenvalue weighted by molar-refractivity contribution is -0.138. The van der Waals surface area contributed by atoms with Crippen molar-refractivity contribution in [1.82, 2.24) is 0 Å². The molecule has 0 bridgehead atoms. The second kappa shape index (κ2) is 3.88. The third-order valence-corrected chi connectivity index (χ3v) is 1.86. The molecule has 1 aromatic rings. The predicted octanol–water partition coefficient (Wildman–Crippen LogP) is 2.30. The van der Waals surface area contributed by atoms with Crippen LogP contribution in [0.2, 0.25) is 0 Å². The summed E-state index contributed by atoms with van der Waals surface area (Å²) < 4.78 is 46.8. The summed E-state index contributed by atoms with van der Waals surface area (Å²) in [5.41, 5.74) is 4.64. The van der Waals surface area contributed by atoms with Gasteiger partial charge in [0.1, 0.15) is 17.1 Å². The van der Waals surface area contributed by atoms with Gasteiger partial charge in [0.15, 0.2) is 0 Å². The van der Waals surface area contributed by atoms with E-state index in [0.717, 1.165) is 19.2 Å². The molecule has 0 heterocycles. The van der Waals surface area contributed by atoms with Crippen LogP contribution >= 0.6 is 0 Å². The number of hydrogen-bond donors (Lipinski definition) is 1. The van der Waals surface area contributed by atoms with E-state index in [0.29, 0.717) is 0 Å². The smallest absolute Gasteiger partial charge is 0.420 e. The van der Waals surface area contributed by atoms with Crippen LogP contribution in [0.1, 0.15) is 5.56 Å². The molecule has 0 unspecified atom stereocenters. The average molecular weight is 221 g/mol. The van der Waals surface area contributed by atoms with Crippen LogP contribution in [-0.2, 0) is 6.18 Å². The van der Waals surface area contributed by atoms with Crippen LogP contribution in [0.5, 0.6) is 11.5 Å². The Bertz CT molecular complexity index is 363. The van der Waals surface area contributed by atoms with E-state index >= 15 is 0 Å². The molecule has 6 heteroatoms. The summed E-state index contributed by atoms with van der Waals surface area (Å²) in [7, 11) is 2.40. The van der Waals surface area contributed by atoms with Crippen molar-refractivity contribution in [2.24, 2.45) is 0 Å². The third-order valence-electron chi connectivity index (χ3n) is 1.86. The van der Waals surface area contributed by atoms with Crippen molar-refractivity contribution in [1.29, 1.82) is 0 Å². The molecule has 0 fully saturated rings. The van der Waals surface area contributed by atoms with Crippen molar-refractivity contribution in [2.75, 3.05) is 20.0 Å². The van der Waals surface area contributed by atoms with Crippen molar-refractivity contribution < 1.29 is 22.6 Å². The van der Waals surface area contributed by atoms with Crippen LogP contribution in [0.4, 0.5) is 18.9 Å². The fourth-order valence-electron chi connectivity index (χ4n) is 1.14. The molecule has 0 amide bonds. The van der Waals surface area contributed by atoms with Crippen LogP contribution in [0.3, 0.4) is 0 Å². The maximum Gasteiger partial charge on any atom is 0.420 e. The highest BCUT2D eigenvalue weighted by Gasteiger charge is 2.35. The summed E-state index contributed by atoms with van der Waals surface area (Å²) in [6.07, 6.45) is -4.49. The number of nitrogen functional groups attached to an aromatic ring is 1. The zero-order chi connectivity index (χ0) is 11.6. The normalized spacial score (nSPS) is 11.3. The molecule has 0 spiro atoms. The fourth-order valence-corrected chi connectivity index (χ4v) is 1.14. The molecule has 0 atom stereocenters. The topological polar surface area (TPSA) is 44.5 Å². The first-order chi connectivity index (χ1) is 6.90. The summed E-state index contributed by atoms with van der Waals surface area (Å²) in [6, 6.07) is 1.90. The Morgan fingerprint density at radius 2 is 1.60 bits per heavy atom. The van der Waals surface area contributed by atoms with Gasteiger partial charge in [-0.2, -0.15) is 13.2 Å². The maximum atomic E-state index is 12.5. The Labute approximate surface area is 84.6 Å². The molecule has 3 nitrogen and oxygen atoms in total. The summed E-state index contributed by atoms with van der Waals surface area (Å²) in [5, 5.41) is 0. The van der Waals surface area contributed by atoms with Gasteiger partial charge >= 0.3 is 6.18 Å². The van der Waals surface area contributed by atoms with Gasteiger partial charge in [-0.1, -0.05) is 0 Å². The number of ether oxygens (including phenoxy) is 2. The Hall–Kier alpha value is -1.59. The summed E-state index contributed by atoms with van der Waals surface area (Å²) >= 11 is 0. The molecule has 15 heavy (non-hydrogen) atoms. The van der Waals surface area contributed by atoms with E-state index in [4.69, 9.17) is 10.5 Å². The van der Waals surface area contributed by atoms with Gasteiger partial charge in [0, 0.05) is 6.07 Å². The zero-order valence-electron chi connectivity index (χ0n) is 8.18. The lowest BCUT2D eigenvalue weighted by Gasteiger charge is -2.14. The minimum absolute atomic E-state index is 0.0249. The minimum atomic E-state index is -4.49. The van der Waals surface area contributed by atoms with E-state index in [-0.39, 0.29) is 17.2 Å². The SMILES string of the molecule is COc1cc(C(F)(F)F)c(OC)cc1N. The highest BCUT2D eigenvalue weighted by atomic mass is 19.4. The van der Waals surface area contributed by atoms with E-state index in [2.05, 4.69) is 4.74 Å². The van der Waals surface area contributed by atoms with Gasteiger partial charge in [0.05, 0.1) is 19.9 Å². The van der Waals surface area contributed by atoms with Crippen LogP contribution in [0.25, 0.3) is 0 Å². The second-order valence-corrected chi connectivity index (χ2v) is 2.79. The van der Waals surface area contributed by atoms with Crippen molar-refractivity contribution in [3.8, 4) is 11.5 Å². The molecular formula is C9H10F3NO2. The quantitative estimate of drug-likeness (QED) is 0.779. The lowest BCUT2D eigenvalue weighted by Crippen LogP contribution is -2.08. The average Bonchev–Trinajstić information content (AvgIpc) is 2.15. The third kappa shape index (κ3) is 2.26. The van der Waals surface area contributed by atoms with E-state index in [1.807, 2.05) is 0 Å². The first-order valence-electron chi connectivity index (χ1n) is 3.99. The minimum Gasteiger partial charge on any atom is -0.496 e. The molecule has 1 rings (SSSR count). The van der Waals surface area contributed by atoms with Crippen LogP contribution < -0.4 is 15.2 Å². The van der Waals surface area contributed by atoms with Gasteiger partial charge in [-0.05, 0) is 6.07 Å². The fraction of sp³-hybridized carbons (Fsp3) is 0.333. The Morgan fingerprint density at radius 3 is 2.00 bits per heavy atom. The highest BCUT2D eigenvalue weighted by molar-refractivity contribution is 5.60. The monoisotopic (exact) mass is 221 g/mol. The van der Waals surface area contributed by atoms with Gasteiger partial charge in [-0.3, -0.25) is 0 Å². The molecule has 0 aliphatic heterocycles. The summed E-state index contributed by atoms with van der Waals surface area (Å²) in [4.78, 5) is 0. The van der Waals surface area contributed by atoms with Crippen LogP contribution in [-0.4, -0.2) is 14.2 Å². The molecule has 84 valence electrons. The maximum absolute atomic E-state index is 12.5. The van der Waals surface area contributed by atoms with Crippen LogP contribution in [0.15, 0.2) is 12.1 Å². The van der Waals surface area contributed by atoms with E-state index in [1.54, 1.807) is 0 Å². The molecule has 0 aliphatic rings. The molecule has 0 aliphatic carbocycles. The number of hydrogen-bond acceptors (Lipinski definition) is 3. The van der Waals surface area contributed by atoms with E-state index in [1.165, 1.54) is 7.11 Å². The van der Waals surface area contributed by atoms with Crippen LogP contribution in [0, 0.1) is 0 Å². The second-order valence-electron chi connectivity index (χ2n) is 2.79. The molecular weight excluding hydrogens is 211 g/mol. The predicted molar refractivity (Wildman–Crippen MR) is 49.0 cm³/mol. The van der Waals surface area contributed by atoms with Gasteiger partial charge in [-0.15, -0.1) is 0 Å². The molecule has 0 aromatic heterocycles. The Morgan fingerprint density at radius 1 is 1.07 bits per heavy atom. The molecule has 0 saturated heterocycles. The van der Waals surface area contributed by atoms with Crippen molar-refractivity contribution >= 4 is 5.69 Å². The lowest BCUT2D eigenvalue weighted by atomic mass is 10.1. The summed E-state index contributed by atoms with van der Waals surface area (Å²) in [6.45, 7) is 0. The highest BCUT2D eigenvalue weighted by Crippen LogP contribution is 2.40. The molecule has 1 aromatic carbocycles. The van der Waals surface area contributed by atoms with E-state index in [9.17, 15) is 13.2 Å². The van der Waals surface area contributed by atoms with Gasteiger partial charge in [0.2, 0.25) is 0 Å². The first kappa shape index (κ1) is 11.5. The van der Waals surface area contributed by atoms with Crippen molar-refractivity contribution in [2.45, 2.75) is 6.18 Å². The number of halogens is 3. The Kier molecular flexibility index (Phi) is 2.97. The van der Waals surface area contributed by atoms with Crippen molar-refractivity contribution in [3.05, 3.63) is 17.7 Å². The summed E-state index contributed by atoms with van der Waals surface area (Å²) in [5.74, 6) is -0.344. The van der Waals surface area contributed by atoms with Crippen molar-refractivity contribution in [3.63, 3.8) is 0 Å². The number of alkyl halides is 3. The van der Waals surface area contributed by atoms with Gasteiger partial charge in [0.25, 0.3) is 0 Å². The largest absolute Gasteiger partial charge is 0.496 e. The Balaban J connectivity index is 3.36. The number of anilines is 1. The molecule has 2 N–H and O–H groups in total. The number of rotatable bonds is 2. The zero-order valence-corrected chi connectivity index (χ0v) is 8.18. The first-order valence-corrected chi connectivity index (χ1v) is 3.99. The number of nitrogens with two attached hydrogens (primary N) is 1. The van der Waals surface area contributed by atoms with E-state index < -0.39 is 11.7 Å². The van der Waals surface area contributed by atoms with Gasteiger partial charge in [-0.25, -0.2) is 0 Å². The standard InChI is InChI=1S/C9H10F3NO2/c1-14-7-4-6(13)8(15-2)3-5(7)9(10,11)12/h3-4H,13H2,1-2H3. The number of methoxy groups -OCH3 is 2. The van der Waals surface area contributed by atoms with Gasteiger partial charge < -0.3 is 15.2 Å².